The molecule has 4 N–H and O–H groups in total. The highest BCUT2D eigenvalue weighted by atomic mass is 19.2. The van der Waals surface area contributed by atoms with Crippen molar-refractivity contribution in [1.29, 1.82) is 0 Å². The zero-order chi connectivity index (χ0) is 23.9. The van der Waals surface area contributed by atoms with Crippen molar-refractivity contribution in [2.45, 2.75) is 38.1 Å². The third-order valence-electron chi connectivity index (χ3n) is 7.17. The number of hydrogen-bond donors (Lipinski definition) is 3. The number of carbonyl (C=O) groups excluding carboxylic acids is 3. The van der Waals surface area contributed by atoms with Crippen LogP contribution < -0.4 is 21.1 Å². The van der Waals surface area contributed by atoms with Crippen molar-refractivity contribution in [2.24, 2.45) is 28.9 Å². The Morgan fingerprint density at radius 2 is 1.88 bits per heavy atom. The smallest absolute Gasteiger partial charge is 0.234 e. The molecule has 2 amide bonds. The van der Waals surface area contributed by atoms with Gasteiger partial charge in [0, 0.05) is 31.0 Å². The summed E-state index contributed by atoms with van der Waals surface area (Å²) < 4.78 is 59.7. The minimum Gasteiger partial charge on any atom is -0.480 e. The number of nitrogens with two attached hydrogens (primary N) is 1. The number of halogens is 4. The summed E-state index contributed by atoms with van der Waals surface area (Å²) in [6, 6.07) is -0.460. The first kappa shape index (κ1) is 23.5. The maximum absolute atomic E-state index is 13.9. The SMILES string of the molecule is NC(=O)C1CC2(CN1)CC2[C@H](C[C@@H]1CCCNC1=O)C(=O)COc1c(F)c(F)cc(F)c1F. The lowest BCUT2D eigenvalue weighted by Crippen LogP contribution is -2.39. The predicted molar refractivity (Wildman–Crippen MR) is 107 cm³/mol. The van der Waals surface area contributed by atoms with Gasteiger partial charge in [-0.1, -0.05) is 0 Å². The lowest BCUT2D eigenvalue weighted by molar-refractivity contribution is -0.130. The maximum atomic E-state index is 13.9. The monoisotopic (exact) mass is 471 g/mol. The molecule has 5 atom stereocenters. The molecule has 3 fully saturated rings. The normalized spacial score (nSPS) is 29.6. The molecule has 2 aliphatic heterocycles. The first-order valence-electron chi connectivity index (χ1n) is 10.9. The van der Waals surface area contributed by atoms with E-state index in [4.69, 9.17) is 10.5 Å². The van der Waals surface area contributed by atoms with E-state index in [1.807, 2.05) is 0 Å². The Labute approximate surface area is 187 Å². The van der Waals surface area contributed by atoms with Gasteiger partial charge in [0.25, 0.3) is 0 Å². The quantitative estimate of drug-likeness (QED) is 0.394. The fraction of sp³-hybridized carbons (Fsp3) is 0.591. The minimum atomic E-state index is -1.72. The Bertz CT molecular complexity index is 965. The summed E-state index contributed by atoms with van der Waals surface area (Å²) in [5.41, 5.74) is 5.05. The third-order valence-corrected chi connectivity index (χ3v) is 7.17. The molecule has 1 aromatic carbocycles. The molecule has 1 saturated carbocycles. The van der Waals surface area contributed by atoms with E-state index in [1.165, 1.54) is 0 Å². The first-order chi connectivity index (χ1) is 15.6. The highest BCUT2D eigenvalue weighted by molar-refractivity contribution is 5.85. The second-order valence-corrected chi connectivity index (χ2v) is 9.24. The van der Waals surface area contributed by atoms with E-state index in [9.17, 15) is 31.9 Å². The summed E-state index contributed by atoms with van der Waals surface area (Å²) in [4.78, 5) is 37.0. The Kier molecular flexibility index (Phi) is 6.35. The number of primary amides is 1. The van der Waals surface area contributed by atoms with E-state index in [-0.39, 0.29) is 29.7 Å². The van der Waals surface area contributed by atoms with Crippen LogP contribution in [0.3, 0.4) is 0 Å². The van der Waals surface area contributed by atoms with Gasteiger partial charge >= 0.3 is 0 Å². The van der Waals surface area contributed by atoms with Crippen molar-refractivity contribution >= 4 is 17.6 Å². The zero-order valence-corrected chi connectivity index (χ0v) is 17.8. The minimum absolute atomic E-state index is 0.0556. The van der Waals surface area contributed by atoms with Crippen LogP contribution in [0.15, 0.2) is 6.07 Å². The van der Waals surface area contributed by atoms with Crippen molar-refractivity contribution in [3.8, 4) is 5.75 Å². The van der Waals surface area contributed by atoms with Crippen LogP contribution in [-0.4, -0.2) is 43.3 Å². The molecule has 1 spiro atoms. The predicted octanol–water partition coefficient (Wildman–Crippen LogP) is 1.58. The molecule has 1 aliphatic carbocycles. The second-order valence-electron chi connectivity index (χ2n) is 9.24. The number of ketones is 1. The molecule has 4 rings (SSSR count). The molecule has 180 valence electrons. The van der Waals surface area contributed by atoms with Crippen molar-refractivity contribution in [3.63, 3.8) is 0 Å². The van der Waals surface area contributed by atoms with Crippen LogP contribution in [0.25, 0.3) is 0 Å². The summed E-state index contributed by atoms with van der Waals surface area (Å²) in [5, 5.41) is 5.82. The topological polar surface area (TPSA) is 111 Å². The van der Waals surface area contributed by atoms with E-state index in [2.05, 4.69) is 10.6 Å². The van der Waals surface area contributed by atoms with Gasteiger partial charge in [-0.15, -0.1) is 0 Å². The molecule has 1 aromatic rings. The van der Waals surface area contributed by atoms with Gasteiger partial charge in [-0.2, -0.15) is 8.78 Å². The molecule has 7 nitrogen and oxygen atoms in total. The molecule has 2 saturated heterocycles. The van der Waals surface area contributed by atoms with Crippen LogP contribution in [0, 0.1) is 46.4 Å². The van der Waals surface area contributed by atoms with Crippen LogP contribution >= 0.6 is 0 Å². The average Bonchev–Trinajstić information content (AvgIpc) is 3.28. The fourth-order valence-electron chi connectivity index (χ4n) is 5.28. The van der Waals surface area contributed by atoms with Crippen molar-refractivity contribution in [2.75, 3.05) is 19.7 Å². The van der Waals surface area contributed by atoms with Gasteiger partial charge in [-0.3, -0.25) is 14.4 Å². The summed E-state index contributed by atoms with van der Waals surface area (Å²) in [7, 11) is 0. The van der Waals surface area contributed by atoms with Crippen LogP contribution in [-0.2, 0) is 14.4 Å². The highest BCUT2D eigenvalue weighted by Crippen LogP contribution is 2.62. The Hall–Kier alpha value is -2.69. The molecule has 33 heavy (non-hydrogen) atoms. The highest BCUT2D eigenvalue weighted by Gasteiger charge is 2.62. The van der Waals surface area contributed by atoms with E-state index in [0.29, 0.717) is 32.4 Å². The van der Waals surface area contributed by atoms with Crippen molar-refractivity contribution < 1.29 is 36.7 Å². The summed E-state index contributed by atoms with van der Waals surface area (Å²) in [6.45, 7) is 0.221. The lowest BCUT2D eigenvalue weighted by Gasteiger charge is -2.27. The number of ether oxygens (including phenoxy) is 1. The number of benzene rings is 1. The molecule has 0 aromatic heterocycles. The molecule has 3 unspecified atom stereocenters. The number of nitrogens with one attached hydrogen (secondary N) is 2. The van der Waals surface area contributed by atoms with Gasteiger partial charge in [0.1, 0.15) is 6.61 Å². The van der Waals surface area contributed by atoms with Gasteiger partial charge in [-0.05, 0) is 43.4 Å². The molecule has 0 bridgehead atoms. The molecule has 0 radical (unpaired) electrons. The summed E-state index contributed by atoms with van der Waals surface area (Å²) >= 11 is 0. The van der Waals surface area contributed by atoms with E-state index >= 15 is 0 Å². The Balaban J connectivity index is 1.51. The molecular formula is C22H25F4N3O4. The summed E-state index contributed by atoms with van der Waals surface area (Å²) in [5.74, 6) is -10.5. The van der Waals surface area contributed by atoms with Gasteiger partial charge < -0.3 is 21.1 Å². The molecule has 3 aliphatic rings. The standard InChI is InChI=1S/C22H25F4N3O4/c23-13-5-14(24)18(26)19(17(13)25)33-8-16(30)11(4-10-2-1-3-28-21(10)32)12-6-22(12)7-15(20(27)31)29-9-22/h5,10-12,15,29H,1-4,6-9H2,(H2,27,31)(H,28,32)/t10-,11-,12?,15?,22?/m0/s1. The fourth-order valence-corrected chi connectivity index (χ4v) is 5.28. The largest absolute Gasteiger partial charge is 0.480 e. The number of hydrogen-bond acceptors (Lipinski definition) is 5. The lowest BCUT2D eigenvalue weighted by atomic mass is 9.81. The first-order valence-corrected chi connectivity index (χ1v) is 10.9. The third kappa shape index (κ3) is 4.55. The second kappa shape index (κ2) is 8.92. The van der Waals surface area contributed by atoms with Gasteiger partial charge in [0.2, 0.25) is 23.4 Å². The van der Waals surface area contributed by atoms with E-state index < -0.39 is 65.2 Å². The Morgan fingerprint density at radius 1 is 1.18 bits per heavy atom. The molecular weight excluding hydrogens is 446 g/mol. The number of piperidine rings is 1. The molecule has 11 heteroatoms. The van der Waals surface area contributed by atoms with Crippen LogP contribution in [0.4, 0.5) is 17.6 Å². The average molecular weight is 471 g/mol. The van der Waals surface area contributed by atoms with Gasteiger partial charge in [-0.25, -0.2) is 8.78 Å². The number of Topliss-reactive ketones (excluding diaryl/α,β-unsaturated/α-hetero) is 1. The zero-order valence-electron chi connectivity index (χ0n) is 17.8. The van der Waals surface area contributed by atoms with E-state index in [1.54, 1.807) is 0 Å². The van der Waals surface area contributed by atoms with E-state index in [0.717, 1.165) is 6.42 Å². The number of carbonyl (C=O) groups is 3. The van der Waals surface area contributed by atoms with Crippen LogP contribution in [0.2, 0.25) is 0 Å². The molecule has 2 heterocycles. The summed E-state index contributed by atoms with van der Waals surface area (Å²) in [6.07, 6.45) is 2.63. The van der Waals surface area contributed by atoms with Gasteiger partial charge in [0.05, 0.1) is 6.04 Å². The van der Waals surface area contributed by atoms with Crippen molar-refractivity contribution in [3.05, 3.63) is 29.3 Å². The van der Waals surface area contributed by atoms with Crippen molar-refractivity contribution in [1.82, 2.24) is 10.6 Å². The van der Waals surface area contributed by atoms with Crippen LogP contribution in [0.1, 0.15) is 32.1 Å². The Morgan fingerprint density at radius 3 is 2.48 bits per heavy atom. The number of amides is 2. The van der Waals surface area contributed by atoms with Crippen LogP contribution in [0.5, 0.6) is 5.75 Å². The maximum Gasteiger partial charge on any atom is 0.234 e. The van der Waals surface area contributed by atoms with Gasteiger partial charge in [0.15, 0.2) is 23.2 Å². The number of rotatable bonds is 8.